The summed E-state index contributed by atoms with van der Waals surface area (Å²) in [6.07, 6.45) is 3.89. The maximum absolute atomic E-state index is 4.38. The fourth-order valence-corrected chi connectivity index (χ4v) is 2.03. The zero-order chi connectivity index (χ0) is 13.8. The summed E-state index contributed by atoms with van der Waals surface area (Å²) in [4.78, 5) is 6.69. The molecule has 19 heavy (non-hydrogen) atoms. The Morgan fingerprint density at radius 2 is 1.89 bits per heavy atom. The van der Waals surface area contributed by atoms with Crippen LogP contribution in [0, 0.1) is 6.92 Å². The fourth-order valence-electron chi connectivity index (χ4n) is 2.03. The maximum Gasteiger partial charge on any atom is 0.0346 e. The molecule has 0 aliphatic carbocycles. The highest BCUT2D eigenvalue weighted by atomic mass is 15.1. The van der Waals surface area contributed by atoms with Crippen molar-refractivity contribution in [1.82, 2.24) is 9.88 Å². The standard InChI is InChI=1S/C17H22N2/c1-13(2)19(4)12-15-9-17(11-18-10-15)16-7-5-6-14(3)8-16/h5-11,13H,12H2,1-4H3. The summed E-state index contributed by atoms with van der Waals surface area (Å²) in [6, 6.07) is 11.3. The van der Waals surface area contributed by atoms with Gasteiger partial charge in [-0.1, -0.05) is 29.8 Å². The number of hydrogen-bond acceptors (Lipinski definition) is 2. The van der Waals surface area contributed by atoms with Crippen molar-refractivity contribution in [2.45, 2.75) is 33.4 Å². The summed E-state index contributed by atoms with van der Waals surface area (Å²) in [5.74, 6) is 0. The average Bonchev–Trinajstić information content (AvgIpc) is 2.39. The molecule has 2 rings (SSSR count). The van der Waals surface area contributed by atoms with Crippen LogP contribution in [0.4, 0.5) is 0 Å². The molecule has 0 saturated heterocycles. The summed E-state index contributed by atoms with van der Waals surface area (Å²) in [5, 5.41) is 0. The SMILES string of the molecule is Cc1cccc(-c2cncc(CN(C)C(C)C)c2)c1. The van der Waals surface area contributed by atoms with Crippen molar-refractivity contribution in [2.24, 2.45) is 0 Å². The number of hydrogen-bond donors (Lipinski definition) is 0. The second-order valence-corrected chi connectivity index (χ2v) is 5.46. The molecule has 0 N–H and O–H groups in total. The van der Waals surface area contributed by atoms with E-state index in [4.69, 9.17) is 0 Å². The van der Waals surface area contributed by atoms with Crippen LogP contribution in [0.25, 0.3) is 11.1 Å². The van der Waals surface area contributed by atoms with Gasteiger partial charge in [-0.05, 0) is 45.0 Å². The van der Waals surface area contributed by atoms with Crippen molar-refractivity contribution in [3.05, 3.63) is 53.9 Å². The van der Waals surface area contributed by atoms with Crippen LogP contribution in [0.1, 0.15) is 25.0 Å². The van der Waals surface area contributed by atoms with Crippen molar-refractivity contribution in [3.8, 4) is 11.1 Å². The van der Waals surface area contributed by atoms with Gasteiger partial charge in [0.1, 0.15) is 0 Å². The number of benzene rings is 1. The van der Waals surface area contributed by atoms with Gasteiger partial charge in [0.2, 0.25) is 0 Å². The Kier molecular flexibility index (Phi) is 4.33. The van der Waals surface area contributed by atoms with Crippen molar-refractivity contribution in [2.75, 3.05) is 7.05 Å². The number of nitrogens with zero attached hydrogens (tertiary/aromatic N) is 2. The van der Waals surface area contributed by atoms with Gasteiger partial charge >= 0.3 is 0 Å². The van der Waals surface area contributed by atoms with Gasteiger partial charge < -0.3 is 0 Å². The molecule has 0 bridgehead atoms. The van der Waals surface area contributed by atoms with Crippen molar-refractivity contribution < 1.29 is 0 Å². The molecule has 2 heteroatoms. The van der Waals surface area contributed by atoms with Crippen molar-refractivity contribution >= 4 is 0 Å². The topological polar surface area (TPSA) is 16.1 Å². The van der Waals surface area contributed by atoms with E-state index < -0.39 is 0 Å². The van der Waals surface area contributed by atoms with Crippen LogP contribution >= 0.6 is 0 Å². The normalized spacial score (nSPS) is 11.3. The lowest BCUT2D eigenvalue weighted by molar-refractivity contribution is 0.265. The number of pyridine rings is 1. The van der Waals surface area contributed by atoms with Crippen LogP contribution in [0.2, 0.25) is 0 Å². The molecule has 0 fully saturated rings. The minimum atomic E-state index is 0.544. The van der Waals surface area contributed by atoms with Crippen LogP contribution < -0.4 is 0 Å². The first kappa shape index (κ1) is 13.8. The minimum Gasteiger partial charge on any atom is -0.300 e. The molecule has 0 aliphatic rings. The molecular formula is C17H22N2. The molecule has 2 aromatic rings. The number of rotatable bonds is 4. The van der Waals surface area contributed by atoms with E-state index in [1.54, 1.807) is 0 Å². The average molecular weight is 254 g/mol. The Bertz CT molecular complexity index is 546. The summed E-state index contributed by atoms with van der Waals surface area (Å²) < 4.78 is 0. The van der Waals surface area contributed by atoms with Crippen LogP contribution in [-0.4, -0.2) is 23.0 Å². The first-order chi connectivity index (χ1) is 9.06. The molecule has 1 aromatic heterocycles. The third-order valence-corrected chi connectivity index (χ3v) is 3.46. The second kappa shape index (κ2) is 5.98. The van der Waals surface area contributed by atoms with Gasteiger partial charge in [0, 0.05) is 30.5 Å². The number of aromatic nitrogens is 1. The molecule has 100 valence electrons. The minimum absolute atomic E-state index is 0.544. The third kappa shape index (κ3) is 3.65. The van der Waals surface area contributed by atoms with E-state index in [0.717, 1.165) is 6.54 Å². The number of aryl methyl sites for hydroxylation is 1. The molecule has 2 nitrogen and oxygen atoms in total. The molecule has 1 heterocycles. The molecule has 0 saturated carbocycles. The second-order valence-electron chi connectivity index (χ2n) is 5.46. The predicted octanol–water partition coefficient (Wildman–Crippen LogP) is 3.90. The molecule has 0 spiro atoms. The van der Waals surface area contributed by atoms with Crippen LogP contribution in [0.5, 0.6) is 0 Å². The van der Waals surface area contributed by atoms with E-state index in [0.29, 0.717) is 6.04 Å². The lowest BCUT2D eigenvalue weighted by Crippen LogP contribution is -2.25. The Balaban J connectivity index is 2.24. The Morgan fingerprint density at radius 3 is 2.58 bits per heavy atom. The molecule has 1 aromatic carbocycles. The van der Waals surface area contributed by atoms with Crippen LogP contribution in [0.15, 0.2) is 42.7 Å². The molecule has 0 radical (unpaired) electrons. The van der Waals surface area contributed by atoms with Gasteiger partial charge in [0.15, 0.2) is 0 Å². The van der Waals surface area contributed by atoms with E-state index in [1.807, 2.05) is 12.4 Å². The predicted molar refractivity (Wildman–Crippen MR) is 81.0 cm³/mol. The zero-order valence-corrected chi connectivity index (χ0v) is 12.2. The van der Waals surface area contributed by atoms with E-state index in [9.17, 15) is 0 Å². The fraction of sp³-hybridized carbons (Fsp3) is 0.353. The van der Waals surface area contributed by atoms with E-state index in [1.165, 1.54) is 22.3 Å². The summed E-state index contributed by atoms with van der Waals surface area (Å²) >= 11 is 0. The smallest absolute Gasteiger partial charge is 0.0346 e. The highest BCUT2D eigenvalue weighted by molar-refractivity contribution is 5.63. The summed E-state index contributed by atoms with van der Waals surface area (Å²) in [6.45, 7) is 7.47. The third-order valence-electron chi connectivity index (χ3n) is 3.46. The van der Waals surface area contributed by atoms with E-state index in [2.05, 4.69) is 68.0 Å². The molecule has 0 unspecified atom stereocenters. The molecule has 0 aliphatic heterocycles. The highest BCUT2D eigenvalue weighted by Gasteiger charge is 2.06. The highest BCUT2D eigenvalue weighted by Crippen LogP contribution is 2.21. The van der Waals surface area contributed by atoms with Crippen LogP contribution in [-0.2, 0) is 6.54 Å². The van der Waals surface area contributed by atoms with Gasteiger partial charge in [-0.3, -0.25) is 9.88 Å². The van der Waals surface area contributed by atoms with Gasteiger partial charge in [-0.2, -0.15) is 0 Å². The van der Waals surface area contributed by atoms with E-state index >= 15 is 0 Å². The quantitative estimate of drug-likeness (QED) is 0.822. The summed E-state index contributed by atoms with van der Waals surface area (Å²) in [7, 11) is 2.14. The molecular weight excluding hydrogens is 232 g/mol. The summed E-state index contributed by atoms with van der Waals surface area (Å²) in [5.41, 5.74) is 4.97. The monoisotopic (exact) mass is 254 g/mol. The Morgan fingerprint density at radius 1 is 1.11 bits per heavy atom. The first-order valence-corrected chi connectivity index (χ1v) is 6.77. The van der Waals surface area contributed by atoms with E-state index in [-0.39, 0.29) is 0 Å². The van der Waals surface area contributed by atoms with Gasteiger partial charge in [-0.15, -0.1) is 0 Å². The maximum atomic E-state index is 4.38. The first-order valence-electron chi connectivity index (χ1n) is 6.77. The van der Waals surface area contributed by atoms with Gasteiger partial charge in [0.25, 0.3) is 0 Å². The Hall–Kier alpha value is -1.67. The van der Waals surface area contributed by atoms with Gasteiger partial charge in [-0.25, -0.2) is 0 Å². The Labute approximate surface area is 116 Å². The lowest BCUT2D eigenvalue weighted by atomic mass is 10.0. The molecule has 0 amide bonds. The van der Waals surface area contributed by atoms with Crippen molar-refractivity contribution in [1.29, 1.82) is 0 Å². The molecule has 0 atom stereocenters. The van der Waals surface area contributed by atoms with Crippen LogP contribution in [0.3, 0.4) is 0 Å². The largest absolute Gasteiger partial charge is 0.300 e. The van der Waals surface area contributed by atoms with Gasteiger partial charge in [0.05, 0.1) is 0 Å². The van der Waals surface area contributed by atoms with Crippen molar-refractivity contribution in [3.63, 3.8) is 0 Å². The lowest BCUT2D eigenvalue weighted by Gasteiger charge is -2.21. The zero-order valence-electron chi connectivity index (χ0n) is 12.2.